The molecule has 0 atom stereocenters. The predicted molar refractivity (Wildman–Crippen MR) is 45.0 cm³/mol. The summed E-state index contributed by atoms with van der Waals surface area (Å²) in [6, 6.07) is 0. The van der Waals surface area contributed by atoms with Crippen LogP contribution in [0.3, 0.4) is 0 Å². The number of nitrogens with zero attached hydrogens (tertiary/aromatic N) is 1. The average molecular weight is 212 g/mol. The molecule has 0 amide bonds. The molecule has 0 aliphatic rings. The maximum Gasteiger partial charge on any atom is 0.294 e. The van der Waals surface area contributed by atoms with Crippen LogP contribution in [-0.4, -0.2) is 32.4 Å². The van der Waals surface area contributed by atoms with Crippen molar-refractivity contribution in [3.8, 4) is 0 Å². The number of hydrogen-bond acceptors (Lipinski definition) is 5. The molecule has 0 aliphatic carbocycles. The van der Waals surface area contributed by atoms with Crippen molar-refractivity contribution >= 4 is 10.0 Å². The summed E-state index contributed by atoms with van der Waals surface area (Å²) in [5, 5.41) is 8.72. The molecule has 1 N–H and O–H groups in total. The third kappa shape index (κ3) is 7.47. The van der Waals surface area contributed by atoms with Crippen LogP contribution in [0.5, 0.6) is 0 Å². The van der Waals surface area contributed by atoms with Gasteiger partial charge in [-0.05, 0) is 6.42 Å². The molecular formula is C5H12N2O5S. The number of rotatable bonds is 7. The van der Waals surface area contributed by atoms with E-state index >= 15 is 0 Å². The van der Waals surface area contributed by atoms with E-state index in [-0.39, 0.29) is 18.8 Å². The highest BCUT2D eigenvalue weighted by Gasteiger charge is 2.07. The summed E-state index contributed by atoms with van der Waals surface area (Å²) in [7, 11) is -3.28. The van der Waals surface area contributed by atoms with Crippen molar-refractivity contribution in [2.75, 3.05) is 18.9 Å². The van der Waals surface area contributed by atoms with Crippen LogP contribution < -0.4 is 4.72 Å². The summed E-state index contributed by atoms with van der Waals surface area (Å²) in [4.78, 5) is 13.6. The van der Waals surface area contributed by atoms with E-state index in [1.165, 1.54) is 0 Å². The molecule has 0 aromatic rings. The monoisotopic (exact) mass is 212 g/mol. The fourth-order valence-corrected chi connectivity index (χ4v) is 1.76. The normalized spacial score (nSPS) is 11.2. The summed E-state index contributed by atoms with van der Waals surface area (Å²) in [6.45, 7) is 1.78. The quantitative estimate of drug-likeness (QED) is 0.349. The number of hydrogen-bond donors (Lipinski definition) is 1. The van der Waals surface area contributed by atoms with Crippen LogP contribution in [0.1, 0.15) is 13.3 Å². The van der Waals surface area contributed by atoms with Crippen LogP contribution in [0.15, 0.2) is 0 Å². The van der Waals surface area contributed by atoms with Gasteiger partial charge >= 0.3 is 0 Å². The Morgan fingerprint density at radius 3 is 2.62 bits per heavy atom. The summed E-state index contributed by atoms with van der Waals surface area (Å²) < 4.78 is 24.1. The van der Waals surface area contributed by atoms with E-state index in [2.05, 4.69) is 9.56 Å². The Morgan fingerprint density at radius 2 is 2.15 bits per heavy atom. The predicted octanol–water partition coefficient (Wildman–Crippen LogP) is -0.476. The maximum absolute atomic E-state index is 10.9. The lowest BCUT2D eigenvalue weighted by molar-refractivity contribution is -0.757. The van der Waals surface area contributed by atoms with Crippen LogP contribution in [0, 0.1) is 10.1 Å². The third-order valence-electron chi connectivity index (χ3n) is 1.12. The largest absolute Gasteiger partial charge is 0.314 e. The minimum Gasteiger partial charge on any atom is -0.314 e. The first-order valence-corrected chi connectivity index (χ1v) is 5.38. The van der Waals surface area contributed by atoms with Crippen molar-refractivity contribution in [1.29, 1.82) is 0 Å². The minimum atomic E-state index is -3.28. The standard InChI is InChI=1S/C5H12N2O5S/c1-2-6-13(10,11)5-3-4-12-7(8)9/h6H,2-5H2,1H3. The van der Waals surface area contributed by atoms with Crippen LogP contribution >= 0.6 is 0 Å². The van der Waals surface area contributed by atoms with Crippen molar-refractivity contribution < 1.29 is 18.3 Å². The molecule has 0 rings (SSSR count). The molecule has 0 spiro atoms. The Bertz CT molecular complexity index is 250. The Hall–Kier alpha value is -0.890. The van der Waals surface area contributed by atoms with Gasteiger partial charge in [-0.25, -0.2) is 13.1 Å². The highest BCUT2D eigenvalue weighted by Crippen LogP contribution is 1.90. The third-order valence-corrected chi connectivity index (χ3v) is 2.67. The maximum atomic E-state index is 10.9. The van der Waals surface area contributed by atoms with Gasteiger partial charge in [-0.3, -0.25) is 0 Å². The van der Waals surface area contributed by atoms with Crippen LogP contribution in [0.25, 0.3) is 0 Å². The molecule has 0 heterocycles. The van der Waals surface area contributed by atoms with Gasteiger partial charge in [0.25, 0.3) is 5.09 Å². The van der Waals surface area contributed by atoms with Crippen molar-refractivity contribution in [1.82, 2.24) is 4.72 Å². The molecule has 0 saturated carbocycles. The Labute approximate surface area is 76.2 Å². The number of sulfonamides is 1. The first kappa shape index (κ1) is 12.1. The molecule has 0 aromatic heterocycles. The molecule has 8 heteroatoms. The number of nitrogens with one attached hydrogen (secondary N) is 1. The van der Waals surface area contributed by atoms with Gasteiger partial charge in [0, 0.05) is 6.54 Å². The molecule has 13 heavy (non-hydrogen) atoms. The van der Waals surface area contributed by atoms with E-state index in [1.54, 1.807) is 6.92 Å². The van der Waals surface area contributed by atoms with Gasteiger partial charge in [0.2, 0.25) is 10.0 Å². The Balaban J connectivity index is 3.58. The minimum absolute atomic E-state index is 0.107. The van der Waals surface area contributed by atoms with Crippen molar-refractivity contribution in [2.24, 2.45) is 0 Å². The van der Waals surface area contributed by atoms with Gasteiger partial charge in [-0.1, -0.05) is 6.92 Å². The van der Waals surface area contributed by atoms with E-state index in [4.69, 9.17) is 0 Å². The first-order valence-electron chi connectivity index (χ1n) is 3.72. The van der Waals surface area contributed by atoms with E-state index < -0.39 is 15.1 Å². The SMILES string of the molecule is CCNS(=O)(=O)CCCO[N+](=O)[O-]. The lowest BCUT2D eigenvalue weighted by Crippen LogP contribution is -2.26. The van der Waals surface area contributed by atoms with Crippen LogP contribution in [0.2, 0.25) is 0 Å². The van der Waals surface area contributed by atoms with Gasteiger partial charge < -0.3 is 4.84 Å². The summed E-state index contributed by atoms with van der Waals surface area (Å²) in [5.74, 6) is -0.158. The zero-order chi connectivity index (χ0) is 10.3. The molecule has 0 fully saturated rings. The van der Waals surface area contributed by atoms with E-state index in [1.807, 2.05) is 0 Å². The second-order valence-corrected chi connectivity index (χ2v) is 4.15. The smallest absolute Gasteiger partial charge is 0.294 e. The zero-order valence-corrected chi connectivity index (χ0v) is 8.04. The first-order chi connectivity index (χ1) is 5.98. The van der Waals surface area contributed by atoms with Gasteiger partial charge in [0.15, 0.2) is 0 Å². The second-order valence-electron chi connectivity index (χ2n) is 2.23. The molecule has 0 saturated heterocycles. The van der Waals surface area contributed by atoms with Gasteiger partial charge in [-0.2, -0.15) is 0 Å². The van der Waals surface area contributed by atoms with Crippen molar-refractivity contribution in [3.63, 3.8) is 0 Å². The zero-order valence-electron chi connectivity index (χ0n) is 7.23. The summed E-state index contributed by atoms with van der Waals surface area (Å²) in [6.07, 6.45) is 0.107. The fraction of sp³-hybridized carbons (Fsp3) is 1.00. The molecular weight excluding hydrogens is 200 g/mol. The molecule has 0 aromatic carbocycles. The van der Waals surface area contributed by atoms with Crippen molar-refractivity contribution in [3.05, 3.63) is 10.1 Å². The highest BCUT2D eigenvalue weighted by atomic mass is 32.2. The van der Waals surface area contributed by atoms with Crippen molar-refractivity contribution in [2.45, 2.75) is 13.3 Å². The van der Waals surface area contributed by atoms with Gasteiger partial charge in [0.05, 0.1) is 12.4 Å². The molecule has 0 bridgehead atoms. The molecule has 0 unspecified atom stereocenters. The second kappa shape index (κ2) is 5.70. The van der Waals surface area contributed by atoms with Crippen LogP contribution in [-0.2, 0) is 14.9 Å². The molecule has 78 valence electrons. The molecule has 7 nitrogen and oxygen atoms in total. The van der Waals surface area contributed by atoms with Gasteiger partial charge in [0.1, 0.15) is 0 Å². The molecule has 0 aliphatic heterocycles. The summed E-state index contributed by atoms with van der Waals surface area (Å²) >= 11 is 0. The lowest BCUT2D eigenvalue weighted by atomic mass is 10.5. The Kier molecular flexibility index (Phi) is 5.31. The lowest BCUT2D eigenvalue weighted by Gasteiger charge is -2.02. The van der Waals surface area contributed by atoms with Crippen LogP contribution in [0.4, 0.5) is 0 Å². The summed E-state index contributed by atoms with van der Waals surface area (Å²) in [5.41, 5.74) is 0. The fourth-order valence-electron chi connectivity index (χ4n) is 0.680. The van der Waals surface area contributed by atoms with E-state index in [9.17, 15) is 18.5 Å². The topological polar surface area (TPSA) is 98.5 Å². The Morgan fingerprint density at radius 1 is 1.54 bits per heavy atom. The van der Waals surface area contributed by atoms with Gasteiger partial charge in [-0.15, -0.1) is 10.1 Å². The average Bonchev–Trinajstić information content (AvgIpc) is 1.98. The highest BCUT2D eigenvalue weighted by molar-refractivity contribution is 7.89. The van der Waals surface area contributed by atoms with E-state index in [0.29, 0.717) is 6.54 Å². The van der Waals surface area contributed by atoms with E-state index in [0.717, 1.165) is 0 Å². The molecule has 0 radical (unpaired) electrons.